The van der Waals surface area contributed by atoms with Crippen molar-refractivity contribution < 1.29 is 14.3 Å². The number of benzene rings is 1. The van der Waals surface area contributed by atoms with Crippen LogP contribution in [-0.2, 0) is 9.59 Å². The highest BCUT2D eigenvalue weighted by Gasteiger charge is 2.29. The number of ether oxygens (including phenoxy) is 1. The van der Waals surface area contributed by atoms with Gasteiger partial charge >= 0.3 is 0 Å². The van der Waals surface area contributed by atoms with E-state index in [1.165, 1.54) is 5.56 Å². The summed E-state index contributed by atoms with van der Waals surface area (Å²) in [5.41, 5.74) is 1.22. The minimum Gasteiger partial charge on any atom is -0.493 e. The van der Waals surface area contributed by atoms with Crippen molar-refractivity contribution in [1.82, 2.24) is 10.6 Å². The van der Waals surface area contributed by atoms with Crippen molar-refractivity contribution >= 4 is 11.8 Å². The molecule has 0 spiro atoms. The lowest BCUT2D eigenvalue weighted by atomic mass is 9.86. The maximum atomic E-state index is 12.9. The lowest BCUT2D eigenvalue weighted by molar-refractivity contribution is -0.130. The molecule has 2 amide bonds. The van der Waals surface area contributed by atoms with Gasteiger partial charge < -0.3 is 15.4 Å². The second-order valence-corrected chi connectivity index (χ2v) is 13.2. The summed E-state index contributed by atoms with van der Waals surface area (Å²) in [6, 6.07) is 6.19. The van der Waals surface area contributed by atoms with E-state index in [4.69, 9.17) is 4.74 Å². The second kappa shape index (κ2) is 23.7. The van der Waals surface area contributed by atoms with E-state index in [1.54, 1.807) is 0 Å². The minimum atomic E-state index is -0.535. The average Bonchev–Trinajstić information content (AvgIpc) is 3.00. The largest absolute Gasteiger partial charge is 0.493 e. The first-order valence-corrected chi connectivity index (χ1v) is 17.2. The van der Waals surface area contributed by atoms with E-state index in [-0.39, 0.29) is 11.8 Å². The van der Waals surface area contributed by atoms with E-state index in [0.717, 1.165) is 56.3 Å². The normalized spacial score (nSPS) is 12.9. The molecule has 0 saturated heterocycles. The fourth-order valence-corrected chi connectivity index (χ4v) is 4.55. The Labute approximate surface area is 281 Å². The third kappa shape index (κ3) is 20.4. The predicted molar refractivity (Wildman–Crippen MR) is 197 cm³/mol. The van der Waals surface area contributed by atoms with Crippen molar-refractivity contribution in [2.75, 3.05) is 13.2 Å². The van der Waals surface area contributed by atoms with Gasteiger partial charge in [0.25, 0.3) is 0 Å². The maximum Gasteiger partial charge on any atom is 0.225 e. The number of rotatable bonds is 23. The predicted octanol–water partition coefficient (Wildman–Crippen LogP) is 9.98. The average molecular weight is 631 g/mol. The van der Waals surface area contributed by atoms with Crippen LogP contribution in [0.1, 0.15) is 110 Å². The topological polar surface area (TPSA) is 67.4 Å². The molecule has 0 aliphatic rings. The van der Waals surface area contributed by atoms with Crippen LogP contribution in [-0.4, -0.2) is 30.5 Å². The molecule has 0 unspecified atom stereocenters. The lowest BCUT2D eigenvalue weighted by Gasteiger charge is -2.30. The van der Waals surface area contributed by atoms with Crippen LogP contribution in [0.2, 0.25) is 0 Å². The zero-order chi connectivity index (χ0) is 34.1. The van der Waals surface area contributed by atoms with Gasteiger partial charge in [-0.1, -0.05) is 106 Å². The van der Waals surface area contributed by atoms with Crippen molar-refractivity contribution in [3.63, 3.8) is 0 Å². The van der Waals surface area contributed by atoms with E-state index < -0.39 is 11.0 Å². The van der Waals surface area contributed by atoms with Crippen LogP contribution in [0.25, 0.3) is 0 Å². The number of carbonyl (C=O) groups excluding carboxylic acids is 2. The molecule has 0 bridgehead atoms. The number of nitrogens with one attached hydrogen (secondary N) is 2. The van der Waals surface area contributed by atoms with E-state index in [2.05, 4.69) is 110 Å². The van der Waals surface area contributed by atoms with Gasteiger partial charge in [-0.15, -0.1) is 0 Å². The van der Waals surface area contributed by atoms with Crippen LogP contribution >= 0.6 is 0 Å². The maximum absolute atomic E-state index is 12.9. The lowest BCUT2D eigenvalue weighted by Crippen LogP contribution is -2.53. The molecule has 0 aliphatic heterocycles. The number of hydrogen-bond acceptors (Lipinski definition) is 3. The molecule has 0 atom stereocenters. The molecule has 1 aromatic carbocycles. The SMILES string of the molecule is CCC=CCC=CCC=CCC=CCC=CCC=CCCC(=O)NC(C)(C)CNC(=O)C(C)(C)CCCOc1cc(C)ccc1C. The van der Waals surface area contributed by atoms with Crippen molar-refractivity contribution in [3.8, 4) is 5.75 Å². The van der Waals surface area contributed by atoms with Crippen LogP contribution in [0, 0.1) is 19.3 Å². The highest BCUT2D eigenvalue weighted by Crippen LogP contribution is 2.24. The minimum absolute atomic E-state index is 0.0124. The summed E-state index contributed by atoms with van der Waals surface area (Å²) in [7, 11) is 0. The molecule has 5 nitrogen and oxygen atoms in total. The van der Waals surface area contributed by atoms with E-state index in [9.17, 15) is 9.59 Å². The van der Waals surface area contributed by atoms with Crippen LogP contribution in [0.3, 0.4) is 0 Å². The van der Waals surface area contributed by atoms with Crippen molar-refractivity contribution in [3.05, 3.63) is 102 Å². The Morgan fingerprint density at radius 2 is 1.28 bits per heavy atom. The molecule has 0 aromatic heterocycles. The summed E-state index contributed by atoms with van der Waals surface area (Å²) in [5, 5.41) is 6.11. The standard InChI is InChI=1S/C41H62N2O3/c1-8-9-10-11-12-13-14-15-16-17-18-19-20-21-22-23-24-25-26-28-38(44)43-41(6,7)34-42-39(45)40(4,5)31-27-32-46-37-33-35(2)29-30-36(37)3/h9-10,12-13,15-16,18-19,21-22,24-25,29-30,33H,8,11,14,17,20,23,26-28,31-32,34H2,1-7H3,(H,42,45)(H,43,44). The van der Waals surface area contributed by atoms with E-state index in [0.29, 0.717) is 32.4 Å². The summed E-state index contributed by atoms with van der Waals surface area (Å²) < 4.78 is 5.96. The number of hydrogen-bond donors (Lipinski definition) is 2. The monoisotopic (exact) mass is 630 g/mol. The van der Waals surface area contributed by atoms with Crippen molar-refractivity contribution in [1.29, 1.82) is 0 Å². The number of amides is 2. The Kier molecular flexibility index (Phi) is 20.8. The van der Waals surface area contributed by atoms with Crippen molar-refractivity contribution in [2.24, 2.45) is 5.41 Å². The van der Waals surface area contributed by atoms with Crippen LogP contribution in [0.4, 0.5) is 0 Å². The molecule has 0 saturated carbocycles. The van der Waals surface area contributed by atoms with E-state index >= 15 is 0 Å². The first-order chi connectivity index (χ1) is 22.0. The quantitative estimate of drug-likeness (QED) is 0.0934. The molecule has 2 N–H and O–H groups in total. The molecule has 254 valence electrons. The van der Waals surface area contributed by atoms with Crippen LogP contribution in [0.15, 0.2) is 91.1 Å². The Morgan fingerprint density at radius 1 is 0.761 bits per heavy atom. The van der Waals surface area contributed by atoms with Gasteiger partial charge in [0, 0.05) is 18.4 Å². The molecule has 0 fully saturated rings. The molecule has 0 radical (unpaired) electrons. The molecule has 46 heavy (non-hydrogen) atoms. The van der Waals surface area contributed by atoms with Crippen LogP contribution < -0.4 is 15.4 Å². The number of aryl methyl sites for hydroxylation is 2. The van der Waals surface area contributed by atoms with Gasteiger partial charge in [-0.05, 0) is 103 Å². The zero-order valence-corrected chi connectivity index (χ0v) is 29.9. The van der Waals surface area contributed by atoms with E-state index in [1.807, 2.05) is 40.7 Å². The van der Waals surface area contributed by atoms with Gasteiger partial charge in [0.05, 0.1) is 12.1 Å². The Bertz CT molecular complexity index is 1200. The number of allylic oxidation sites excluding steroid dienone is 12. The van der Waals surface area contributed by atoms with Gasteiger partial charge in [0.15, 0.2) is 0 Å². The summed E-state index contributed by atoms with van der Waals surface area (Å²) in [6.07, 6.45) is 34.6. The highest BCUT2D eigenvalue weighted by atomic mass is 16.5. The van der Waals surface area contributed by atoms with Gasteiger partial charge in [-0.2, -0.15) is 0 Å². The fraction of sp³-hybridized carbons (Fsp3) is 0.512. The van der Waals surface area contributed by atoms with Crippen molar-refractivity contribution in [2.45, 2.75) is 118 Å². The Balaban J connectivity index is 2.19. The molecule has 1 rings (SSSR count). The van der Waals surface area contributed by atoms with Gasteiger partial charge in [0.1, 0.15) is 5.75 Å². The fourth-order valence-electron chi connectivity index (χ4n) is 4.55. The smallest absolute Gasteiger partial charge is 0.225 e. The molecule has 5 heteroatoms. The summed E-state index contributed by atoms with van der Waals surface area (Å²) in [6.45, 7) is 15.0. The Morgan fingerprint density at radius 3 is 1.83 bits per heavy atom. The first-order valence-electron chi connectivity index (χ1n) is 17.2. The molecule has 0 heterocycles. The zero-order valence-electron chi connectivity index (χ0n) is 29.9. The summed E-state index contributed by atoms with van der Waals surface area (Å²) in [5.74, 6) is 0.877. The third-order valence-corrected chi connectivity index (χ3v) is 7.47. The molecular weight excluding hydrogens is 568 g/mol. The Hall–Kier alpha value is -3.60. The summed E-state index contributed by atoms with van der Waals surface area (Å²) in [4.78, 5) is 25.4. The third-order valence-electron chi connectivity index (χ3n) is 7.47. The van der Waals surface area contributed by atoms with Gasteiger partial charge in [-0.3, -0.25) is 9.59 Å². The molecular formula is C41H62N2O3. The van der Waals surface area contributed by atoms with Gasteiger partial charge in [0.2, 0.25) is 11.8 Å². The summed E-state index contributed by atoms with van der Waals surface area (Å²) >= 11 is 0. The molecule has 1 aromatic rings. The second-order valence-electron chi connectivity index (χ2n) is 13.2. The number of carbonyl (C=O) groups is 2. The molecule has 0 aliphatic carbocycles. The van der Waals surface area contributed by atoms with Gasteiger partial charge in [-0.25, -0.2) is 0 Å². The van der Waals surface area contributed by atoms with Crippen LogP contribution in [0.5, 0.6) is 5.75 Å². The first kappa shape index (κ1) is 40.4. The highest BCUT2D eigenvalue weighted by molar-refractivity contribution is 5.82.